The van der Waals surface area contributed by atoms with Gasteiger partial charge in [-0.25, -0.2) is 0 Å². The lowest BCUT2D eigenvalue weighted by atomic mass is 10.00. The molecule has 0 aliphatic carbocycles. The average Bonchev–Trinajstić information content (AvgIpc) is 2.80. The first-order valence-corrected chi connectivity index (χ1v) is 4.93. The maximum Gasteiger partial charge on any atom is 0.416 e. The zero-order chi connectivity index (χ0) is 12.5. The van der Waals surface area contributed by atoms with Crippen LogP contribution in [0.1, 0.15) is 22.7 Å². The molecule has 1 atom stereocenters. The molecule has 0 bridgehead atoms. The van der Waals surface area contributed by atoms with Crippen molar-refractivity contribution in [3.63, 3.8) is 0 Å². The Hall–Kier alpha value is -1.75. The van der Waals surface area contributed by atoms with E-state index in [0.29, 0.717) is 11.1 Å². The molecule has 2 aromatic rings. The van der Waals surface area contributed by atoms with Crippen LogP contribution in [0.25, 0.3) is 0 Å². The summed E-state index contributed by atoms with van der Waals surface area (Å²) in [6, 6.07) is 6.00. The molecule has 0 aliphatic heterocycles. The average molecular weight is 241 g/mol. The van der Waals surface area contributed by atoms with E-state index >= 15 is 0 Å². The van der Waals surface area contributed by atoms with Crippen LogP contribution in [-0.4, -0.2) is 0 Å². The molecule has 2 rings (SSSR count). The van der Waals surface area contributed by atoms with E-state index in [2.05, 4.69) is 0 Å². The van der Waals surface area contributed by atoms with Crippen LogP contribution in [0.15, 0.2) is 47.3 Å². The first-order chi connectivity index (χ1) is 7.98. The molecule has 5 heteroatoms. The summed E-state index contributed by atoms with van der Waals surface area (Å²) in [5.74, 6) is 0. The van der Waals surface area contributed by atoms with Crippen molar-refractivity contribution in [3.05, 3.63) is 59.5 Å². The lowest BCUT2D eigenvalue weighted by molar-refractivity contribution is -0.137. The molecule has 0 saturated heterocycles. The Morgan fingerprint density at radius 2 is 1.88 bits per heavy atom. The van der Waals surface area contributed by atoms with E-state index in [0.717, 1.165) is 12.1 Å². The summed E-state index contributed by atoms with van der Waals surface area (Å²) in [5.41, 5.74) is 6.19. The Kier molecular flexibility index (Phi) is 2.93. The molecule has 1 heterocycles. The molecule has 2 N–H and O–H groups in total. The van der Waals surface area contributed by atoms with Crippen molar-refractivity contribution in [1.29, 1.82) is 0 Å². The Bertz CT molecular complexity index is 491. The number of alkyl halides is 3. The second kappa shape index (κ2) is 4.25. The van der Waals surface area contributed by atoms with E-state index in [1.807, 2.05) is 0 Å². The molecular weight excluding hydrogens is 231 g/mol. The van der Waals surface area contributed by atoms with Crippen molar-refractivity contribution in [2.45, 2.75) is 12.2 Å². The second-order valence-electron chi connectivity index (χ2n) is 3.66. The lowest BCUT2D eigenvalue weighted by Crippen LogP contribution is -2.13. The number of hydrogen-bond acceptors (Lipinski definition) is 2. The van der Waals surface area contributed by atoms with E-state index < -0.39 is 17.8 Å². The highest BCUT2D eigenvalue weighted by molar-refractivity contribution is 5.33. The number of hydrogen-bond donors (Lipinski definition) is 1. The number of halogens is 3. The summed E-state index contributed by atoms with van der Waals surface area (Å²) in [4.78, 5) is 0. The topological polar surface area (TPSA) is 39.2 Å². The second-order valence-corrected chi connectivity index (χ2v) is 3.66. The summed E-state index contributed by atoms with van der Waals surface area (Å²) >= 11 is 0. The fraction of sp³-hybridized carbons (Fsp3) is 0.167. The van der Waals surface area contributed by atoms with Gasteiger partial charge in [-0.1, -0.05) is 12.1 Å². The zero-order valence-electron chi connectivity index (χ0n) is 8.74. The van der Waals surface area contributed by atoms with Crippen LogP contribution >= 0.6 is 0 Å². The van der Waals surface area contributed by atoms with Crippen LogP contribution in [0.5, 0.6) is 0 Å². The molecule has 0 fully saturated rings. The number of nitrogens with two attached hydrogens (primary N) is 1. The van der Waals surface area contributed by atoms with Crippen LogP contribution in [0.3, 0.4) is 0 Å². The van der Waals surface area contributed by atoms with Crippen molar-refractivity contribution < 1.29 is 17.6 Å². The van der Waals surface area contributed by atoms with Crippen molar-refractivity contribution in [1.82, 2.24) is 0 Å². The van der Waals surface area contributed by atoms with Crippen LogP contribution in [0.2, 0.25) is 0 Å². The van der Waals surface area contributed by atoms with Gasteiger partial charge < -0.3 is 10.2 Å². The van der Waals surface area contributed by atoms with Crippen LogP contribution < -0.4 is 5.73 Å². The van der Waals surface area contributed by atoms with Gasteiger partial charge in [-0.15, -0.1) is 0 Å². The molecule has 0 saturated carbocycles. The maximum atomic E-state index is 12.5. The fourth-order valence-electron chi connectivity index (χ4n) is 1.55. The molecule has 1 aromatic carbocycles. The number of rotatable bonds is 2. The highest BCUT2D eigenvalue weighted by Crippen LogP contribution is 2.31. The molecule has 1 aromatic heterocycles. The van der Waals surface area contributed by atoms with Crippen molar-refractivity contribution >= 4 is 0 Å². The van der Waals surface area contributed by atoms with E-state index in [1.165, 1.54) is 18.6 Å². The van der Waals surface area contributed by atoms with Gasteiger partial charge in [-0.05, 0) is 23.8 Å². The monoisotopic (exact) mass is 241 g/mol. The molecular formula is C12H10F3NO. The Balaban J connectivity index is 2.34. The molecule has 0 spiro atoms. The minimum absolute atomic E-state index is 0.404. The third kappa shape index (κ3) is 2.50. The van der Waals surface area contributed by atoms with Gasteiger partial charge in [-0.2, -0.15) is 13.2 Å². The van der Waals surface area contributed by atoms with Gasteiger partial charge >= 0.3 is 6.18 Å². The van der Waals surface area contributed by atoms with Gasteiger partial charge in [0.05, 0.1) is 24.1 Å². The summed E-state index contributed by atoms with van der Waals surface area (Å²) < 4.78 is 42.4. The van der Waals surface area contributed by atoms with Crippen molar-refractivity contribution in [3.8, 4) is 0 Å². The van der Waals surface area contributed by atoms with Gasteiger partial charge in [0.15, 0.2) is 0 Å². The maximum absolute atomic E-state index is 12.5. The van der Waals surface area contributed by atoms with E-state index in [1.54, 1.807) is 12.1 Å². The van der Waals surface area contributed by atoms with E-state index in [9.17, 15) is 13.2 Å². The lowest BCUT2D eigenvalue weighted by Gasteiger charge is -2.13. The van der Waals surface area contributed by atoms with Gasteiger partial charge in [-0.3, -0.25) is 0 Å². The molecule has 90 valence electrons. The van der Waals surface area contributed by atoms with Gasteiger partial charge in [0.1, 0.15) is 0 Å². The summed E-state index contributed by atoms with van der Waals surface area (Å²) in [7, 11) is 0. The van der Waals surface area contributed by atoms with Gasteiger partial charge in [0.25, 0.3) is 0 Å². The molecule has 0 radical (unpaired) electrons. The molecule has 2 nitrogen and oxygen atoms in total. The van der Waals surface area contributed by atoms with Crippen LogP contribution in [0.4, 0.5) is 13.2 Å². The minimum atomic E-state index is -4.36. The number of furan rings is 1. The molecule has 0 aliphatic rings. The van der Waals surface area contributed by atoms with Gasteiger partial charge in [0.2, 0.25) is 0 Å². The van der Waals surface area contributed by atoms with Crippen LogP contribution in [0, 0.1) is 0 Å². The molecule has 17 heavy (non-hydrogen) atoms. The van der Waals surface area contributed by atoms with E-state index in [-0.39, 0.29) is 0 Å². The highest BCUT2D eigenvalue weighted by Gasteiger charge is 2.30. The van der Waals surface area contributed by atoms with Gasteiger partial charge in [0, 0.05) is 5.56 Å². The third-order valence-electron chi connectivity index (χ3n) is 2.48. The standard InChI is InChI=1S/C12H10F3NO/c13-12(14,15)10-3-1-2-8(6-10)11(16)9-4-5-17-7-9/h1-7,11H,16H2. The first-order valence-electron chi connectivity index (χ1n) is 4.93. The fourth-order valence-corrected chi connectivity index (χ4v) is 1.55. The highest BCUT2D eigenvalue weighted by atomic mass is 19.4. The zero-order valence-corrected chi connectivity index (χ0v) is 8.74. The number of benzene rings is 1. The predicted molar refractivity (Wildman–Crippen MR) is 56.2 cm³/mol. The van der Waals surface area contributed by atoms with Crippen molar-refractivity contribution in [2.24, 2.45) is 5.73 Å². The van der Waals surface area contributed by atoms with Crippen molar-refractivity contribution in [2.75, 3.05) is 0 Å². The predicted octanol–water partition coefficient (Wildman–Crippen LogP) is 3.35. The summed E-state index contributed by atoms with van der Waals surface area (Å²) in [5, 5.41) is 0. The SMILES string of the molecule is NC(c1ccoc1)c1cccc(C(F)(F)F)c1. The largest absolute Gasteiger partial charge is 0.472 e. The summed E-state index contributed by atoms with van der Waals surface area (Å²) in [6.45, 7) is 0. The minimum Gasteiger partial charge on any atom is -0.472 e. The van der Waals surface area contributed by atoms with E-state index in [4.69, 9.17) is 10.2 Å². The Morgan fingerprint density at radius 1 is 1.12 bits per heavy atom. The molecule has 0 amide bonds. The quantitative estimate of drug-likeness (QED) is 0.875. The Labute approximate surface area is 95.8 Å². The first kappa shape index (κ1) is 11.7. The smallest absolute Gasteiger partial charge is 0.416 e. The van der Waals surface area contributed by atoms with Crippen LogP contribution in [-0.2, 0) is 6.18 Å². The Morgan fingerprint density at radius 3 is 2.47 bits per heavy atom. The molecule has 1 unspecified atom stereocenters. The third-order valence-corrected chi connectivity index (χ3v) is 2.48. The normalized spacial score (nSPS) is 13.6. The summed E-state index contributed by atoms with van der Waals surface area (Å²) in [6.07, 6.45) is -1.50.